The van der Waals surface area contributed by atoms with Gasteiger partial charge in [-0.25, -0.2) is 0 Å². The van der Waals surface area contributed by atoms with Gasteiger partial charge >= 0.3 is 0 Å². The van der Waals surface area contributed by atoms with Crippen molar-refractivity contribution in [1.29, 1.82) is 0 Å². The zero-order chi connectivity index (χ0) is 24.6. The predicted molar refractivity (Wildman–Crippen MR) is 138 cm³/mol. The predicted octanol–water partition coefficient (Wildman–Crippen LogP) is 5.36. The van der Waals surface area contributed by atoms with E-state index < -0.39 is 17.9 Å². The molecule has 4 aromatic carbocycles. The number of para-hydroxylation sites is 2. The molecule has 0 N–H and O–H groups in total. The molecule has 2 heterocycles. The Morgan fingerprint density at radius 1 is 0.639 bits per heavy atom. The van der Waals surface area contributed by atoms with Crippen LogP contribution < -0.4 is 4.90 Å². The first kappa shape index (κ1) is 22.0. The van der Waals surface area contributed by atoms with E-state index in [0.29, 0.717) is 11.1 Å². The molecule has 0 radical (unpaired) electrons. The largest absolute Gasteiger partial charge is 0.279 e. The summed E-state index contributed by atoms with van der Waals surface area (Å²) in [6.07, 6.45) is 1.83. The minimum Gasteiger partial charge on any atom is -0.279 e. The van der Waals surface area contributed by atoms with Gasteiger partial charge in [0.25, 0.3) is 17.7 Å². The Labute approximate surface area is 209 Å². The first-order chi connectivity index (χ1) is 17.6. The van der Waals surface area contributed by atoms with Crippen LogP contribution in [0.1, 0.15) is 37.4 Å². The summed E-state index contributed by atoms with van der Waals surface area (Å²) in [6, 6.07) is 31.1. The summed E-state index contributed by atoms with van der Waals surface area (Å²) in [7, 11) is 0. The zero-order valence-electron chi connectivity index (χ0n) is 19.6. The van der Waals surface area contributed by atoms with Crippen LogP contribution in [0.2, 0.25) is 0 Å². The topological polar surface area (TPSA) is 57.7 Å². The normalized spacial score (nSPS) is 15.1. The number of aryl methyl sites for hydroxylation is 2. The molecule has 0 saturated carbocycles. The maximum Gasteiger partial charge on any atom is 0.262 e. The highest BCUT2D eigenvalue weighted by Gasteiger charge is 2.45. The number of hydrogen-bond acceptors (Lipinski definition) is 3. The second-order valence-corrected chi connectivity index (χ2v) is 9.16. The summed E-state index contributed by atoms with van der Waals surface area (Å²) >= 11 is 0. The molecule has 2 aliphatic heterocycles. The molecular weight excluding hydrogens is 448 g/mol. The lowest BCUT2D eigenvalue weighted by Gasteiger charge is -2.32. The Bertz CT molecular complexity index is 1410. The molecule has 0 spiro atoms. The second kappa shape index (κ2) is 8.93. The van der Waals surface area contributed by atoms with Gasteiger partial charge in [-0.05, 0) is 53.8 Å². The van der Waals surface area contributed by atoms with Crippen LogP contribution in [-0.4, -0.2) is 28.7 Å². The molecule has 1 atom stereocenters. The fraction of sp³-hybridized carbons (Fsp3) is 0.129. The molecule has 2 aliphatic rings. The summed E-state index contributed by atoms with van der Waals surface area (Å²) in [4.78, 5) is 44.5. The summed E-state index contributed by atoms with van der Waals surface area (Å²) < 4.78 is 0. The fourth-order valence-electron chi connectivity index (χ4n) is 5.28. The van der Waals surface area contributed by atoms with Crippen molar-refractivity contribution in [2.45, 2.75) is 25.3 Å². The van der Waals surface area contributed by atoms with Crippen LogP contribution in [0.4, 0.5) is 11.4 Å². The third-order valence-electron chi connectivity index (χ3n) is 7.04. The third kappa shape index (κ3) is 3.60. The lowest BCUT2D eigenvalue weighted by molar-refractivity contribution is -0.121. The van der Waals surface area contributed by atoms with Gasteiger partial charge < -0.3 is 0 Å². The first-order valence-electron chi connectivity index (χ1n) is 12.1. The van der Waals surface area contributed by atoms with Gasteiger partial charge in [0.1, 0.15) is 6.04 Å². The number of benzene rings is 4. The Kier molecular flexibility index (Phi) is 5.45. The first-order valence-corrected chi connectivity index (χ1v) is 12.1. The van der Waals surface area contributed by atoms with Gasteiger partial charge in [-0.1, -0.05) is 78.9 Å². The highest BCUT2D eigenvalue weighted by molar-refractivity contribution is 6.23. The molecule has 0 aromatic heterocycles. The molecule has 5 heteroatoms. The lowest BCUT2D eigenvalue weighted by atomic mass is 10.0. The summed E-state index contributed by atoms with van der Waals surface area (Å²) in [5.74, 6) is -1.15. The molecule has 4 aromatic rings. The zero-order valence-corrected chi connectivity index (χ0v) is 19.6. The summed E-state index contributed by atoms with van der Waals surface area (Å²) in [6.45, 7) is 0. The Hall–Kier alpha value is -4.51. The number of imide groups is 1. The van der Waals surface area contributed by atoms with Crippen molar-refractivity contribution in [1.82, 2.24) is 4.90 Å². The van der Waals surface area contributed by atoms with Crippen LogP contribution in [0.15, 0.2) is 103 Å². The number of carbonyl (C=O) groups excluding carboxylic acids is 3. The van der Waals surface area contributed by atoms with Crippen LogP contribution in [0.25, 0.3) is 0 Å². The van der Waals surface area contributed by atoms with E-state index >= 15 is 0 Å². The maximum absolute atomic E-state index is 14.6. The molecule has 0 fully saturated rings. The molecule has 5 nitrogen and oxygen atoms in total. The van der Waals surface area contributed by atoms with Gasteiger partial charge in [0.05, 0.1) is 22.5 Å². The van der Waals surface area contributed by atoms with Crippen molar-refractivity contribution in [3.05, 3.63) is 131 Å². The highest BCUT2D eigenvalue weighted by Crippen LogP contribution is 2.38. The van der Waals surface area contributed by atoms with E-state index in [1.165, 1.54) is 0 Å². The van der Waals surface area contributed by atoms with E-state index in [0.717, 1.165) is 45.8 Å². The molecule has 176 valence electrons. The van der Waals surface area contributed by atoms with Crippen LogP contribution in [0.3, 0.4) is 0 Å². The SMILES string of the molecule is O=C([C@@H](Cc1ccccc1)N1C(=O)c2ccccc2C1=O)N1c2ccccc2CCc2ccccc21. The number of hydrogen-bond donors (Lipinski definition) is 0. The molecule has 36 heavy (non-hydrogen) atoms. The monoisotopic (exact) mass is 472 g/mol. The highest BCUT2D eigenvalue weighted by atomic mass is 16.2. The minimum absolute atomic E-state index is 0.228. The van der Waals surface area contributed by atoms with Crippen LogP contribution >= 0.6 is 0 Å². The Morgan fingerprint density at radius 2 is 1.11 bits per heavy atom. The lowest BCUT2D eigenvalue weighted by Crippen LogP contribution is -2.51. The fourth-order valence-corrected chi connectivity index (χ4v) is 5.28. The van der Waals surface area contributed by atoms with Gasteiger partial charge in [0, 0.05) is 6.42 Å². The number of fused-ring (bicyclic) bond motifs is 3. The summed E-state index contributed by atoms with van der Waals surface area (Å²) in [5.41, 5.74) is 5.26. The standard InChI is InChI=1S/C31H24N2O3/c34-29-24-14-6-7-15-25(24)30(35)33(29)28(20-21-10-2-1-3-11-21)31(36)32-26-16-8-4-12-22(26)18-19-23-13-5-9-17-27(23)32/h1-17,28H,18-20H2/t28-/m1/s1. The average molecular weight is 473 g/mol. The summed E-state index contributed by atoms with van der Waals surface area (Å²) in [5, 5.41) is 0. The van der Waals surface area contributed by atoms with Crippen molar-refractivity contribution in [2.75, 3.05) is 4.90 Å². The van der Waals surface area contributed by atoms with E-state index in [2.05, 4.69) is 0 Å². The number of nitrogens with zero attached hydrogens (tertiary/aromatic N) is 2. The van der Waals surface area contributed by atoms with Gasteiger partial charge in [0.15, 0.2) is 0 Å². The van der Waals surface area contributed by atoms with Crippen molar-refractivity contribution in [3.8, 4) is 0 Å². The van der Waals surface area contributed by atoms with E-state index in [4.69, 9.17) is 0 Å². The van der Waals surface area contributed by atoms with Crippen LogP contribution in [0, 0.1) is 0 Å². The van der Waals surface area contributed by atoms with Crippen molar-refractivity contribution in [2.24, 2.45) is 0 Å². The number of carbonyl (C=O) groups is 3. The molecule has 0 saturated heterocycles. The van der Waals surface area contributed by atoms with E-state index in [1.807, 2.05) is 78.9 Å². The number of anilines is 2. The Balaban J connectivity index is 1.50. The van der Waals surface area contributed by atoms with Crippen molar-refractivity contribution < 1.29 is 14.4 Å². The van der Waals surface area contributed by atoms with Crippen LogP contribution in [0.5, 0.6) is 0 Å². The maximum atomic E-state index is 14.6. The van der Waals surface area contributed by atoms with Gasteiger partial charge in [-0.3, -0.25) is 24.2 Å². The molecule has 6 rings (SSSR count). The van der Waals surface area contributed by atoms with Gasteiger partial charge in [-0.2, -0.15) is 0 Å². The van der Waals surface area contributed by atoms with Gasteiger partial charge in [-0.15, -0.1) is 0 Å². The van der Waals surface area contributed by atoms with E-state index in [1.54, 1.807) is 29.2 Å². The number of rotatable bonds is 4. The smallest absolute Gasteiger partial charge is 0.262 e. The minimum atomic E-state index is -1.00. The van der Waals surface area contributed by atoms with E-state index in [9.17, 15) is 14.4 Å². The molecule has 0 bridgehead atoms. The molecule has 0 unspecified atom stereocenters. The number of amides is 3. The molecule has 3 amide bonds. The Morgan fingerprint density at radius 3 is 1.67 bits per heavy atom. The third-order valence-corrected chi connectivity index (χ3v) is 7.04. The van der Waals surface area contributed by atoms with Crippen LogP contribution in [-0.2, 0) is 24.1 Å². The molecule has 0 aliphatic carbocycles. The second-order valence-electron chi connectivity index (χ2n) is 9.16. The molecular formula is C31H24N2O3. The van der Waals surface area contributed by atoms with E-state index in [-0.39, 0.29) is 12.3 Å². The van der Waals surface area contributed by atoms with Crippen molar-refractivity contribution >= 4 is 29.1 Å². The quantitative estimate of drug-likeness (QED) is 0.376. The van der Waals surface area contributed by atoms with Gasteiger partial charge in [0.2, 0.25) is 0 Å². The average Bonchev–Trinajstić information content (AvgIpc) is 3.07. The van der Waals surface area contributed by atoms with Crippen molar-refractivity contribution in [3.63, 3.8) is 0 Å².